The molecule has 27 heavy (non-hydrogen) atoms. The highest BCUT2D eigenvalue weighted by atomic mass is 35.5. The molecule has 0 atom stereocenters. The first kappa shape index (κ1) is 18.1. The molecular formula is C22H25ClN4. The monoisotopic (exact) mass is 380 g/mol. The van der Waals surface area contributed by atoms with Crippen LogP contribution < -0.4 is 0 Å². The molecule has 0 aliphatic carbocycles. The Kier molecular flexibility index (Phi) is 4.68. The van der Waals surface area contributed by atoms with Gasteiger partial charge in [0.05, 0.1) is 17.1 Å². The van der Waals surface area contributed by atoms with E-state index in [1.165, 1.54) is 5.56 Å². The molecule has 5 heteroatoms. The van der Waals surface area contributed by atoms with Crippen molar-refractivity contribution < 1.29 is 0 Å². The van der Waals surface area contributed by atoms with Crippen LogP contribution in [0.1, 0.15) is 55.1 Å². The van der Waals surface area contributed by atoms with Gasteiger partial charge in [-0.3, -0.25) is 0 Å². The number of H-pyrrole nitrogens is 1. The van der Waals surface area contributed by atoms with Crippen LogP contribution in [-0.4, -0.2) is 19.6 Å². The molecule has 1 aromatic carbocycles. The van der Waals surface area contributed by atoms with Crippen LogP contribution >= 0.6 is 11.6 Å². The second kappa shape index (κ2) is 7.01. The summed E-state index contributed by atoms with van der Waals surface area (Å²) in [5.74, 6) is 0.992. The Balaban J connectivity index is 1.99. The summed E-state index contributed by atoms with van der Waals surface area (Å²) >= 11 is 6.13. The molecule has 140 valence electrons. The van der Waals surface area contributed by atoms with Gasteiger partial charge in [0.15, 0.2) is 5.65 Å². The van der Waals surface area contributed by atoms with Crippen molar-refractivity contribution in [3.63, 3.8) is 0 Å². The molecule has 4 rings (SSSR count). The van der Waals surface area contributed by atoms with Gasteiger partial charge in [-0.15, -0.1) is 11.6 Å². The smallest absolute Gasteiger partial charge is 0.158 e. The highest BCUT2D eigenvalue weighted by Crippen LogP contribution is 2.33. The third kappa shape index (κ3) is 2.92. The summed E-state index contributed by atoms with van der Waals surface area (Å²) < 4.78 is 2.02. The average Bonchev–Trinajstić information content (AvgIpc) is 3.22. The maximum Gasteiger partial charge on any atom is 0.158 e. The molecule has 0 radical (unpaired) electrons. The van der Waals surface area contributed by atoms with Crippen LogP contribution in [0, 0.1) is 13.8 Å². The molecular weight excluding hydrogens is 356 g/mol. The number of imidazole rings is 1. The van der Waals surface area contributed by atoms with Gasteiger partial charge in [-0.1, -0.05) is 26.0 Å². The van der Waals surface area contributed by atoms with Gasteiger partial charge in [0, 0.05) is 22.3 Å². The molecule has 0 aliphatic rings. The van der Waals surface area contributed by atoms with Crippen LogP contribution in [0.25, 0.3) is 27.9 Å². The second-order valence-electron chi connectivity index (χ2n) is 7.23. The third-order valence-corrected chi connectivity index (χ3v) is 5.78. The van der Waals surface area contributed by atoms with Crippen LogP contribution in [0.4, 0.5) is 0 Å². The van der Waals surface area contributed by atoms with Gasteiger partial charge in [-0.05, 0) is 56.4 Å². The Bertz CT molecular complexity index is 1120. The van der Waals surface area contributed by atoms with Crippen molar-refractivity contribution in [2.75, 3.05) is 0 Å². The van der Waals surface area contributed by atoms with E-state index in [1.807, 2.05) is 10.6 Å². The lowest BCUT2D eigenvalue weighted by molar-refractivity contribution is 0.638. The topological polar surface area (TPSA) is 46.0 Å². The largest absolute Gasteiger partial charge is 0.353 e. The van der Waals surface area contributed by atoms with E-state index >= 15 is 0 Å². The predicted octanol–water partition coefficient (Wildman–Crippen LogP) is 6.14. The Morgan fingerprint density at radius 1 is 1.15 bits per heavy atom. The fraction of sp³-hybridized carbons (Fsp3) is 0.364. The number of nitrogens with zero attached hydrogens (tertiary/aromatic N) is 3. The molecule has 0 saturated heterocycles. The van der Waals surface area contributed by atoms with E-state index in [0.717, 1.165) is 57.7 Å². The van der Waals surface area contributed by atoms with Crippen molar-refractivity contribution in [2.24, 2.45) is 0 Å². The minimum absolute atomic E-state index is 0.495. The van der Waals surface area contributed by atoms with Gasteiger partial charge in [-0.2, -0.15) is 5.10 Å². The van der Waals surface area contributed by atoms with Gasteiger partial charge >= 0.3 is 0 Å². The average molecular weight is 381 g/mol. The summed E-state index contributed by atoms with van der Waals surface area (Å²) in [6, 6.07) is 10.6. The number of benzene rings is 1. The fourth-order valence-corrected chi connectivity index (χ4v) is 4.31. The molecule has 0 bridgehead atoms. The second-order valence-corrected chi connectivity index (χ2v) is 7.50. The first-order chi connectivity index (χ1) is 13.1. The maximum atomic E-state index is 6.13. The van der Waals surface area contributed by atoms with E-state index < -0.39 is 0 Å². The minimum Gasteiger partial charge on any atom is -0.353 e. The molecule has 0 spiro atoms. The number of nitrogens with one attached hydrogen (secondary N) is 1. The summed E-state index contributed by atoms with van der Waals surface area (Å²) in [5.41, 5.74) is 8.53. The van der Waals surface area contributed by atoms with Crippen molar-refractivity contribution in [3.8, 4) is 11.4 Å². The SMILES string of the molecule is CCC(CC)c1cc(C)nn2c(-c3cc4c(CCl)cccc4[nH]3)c(C)nc12. The lowest BCUT2D eigenvalue weighted by Crippen LogP contribution is -2.05. The number of fused-ring (bicyclic) bond motifs is 2. The number of aromatic amines is 1. The molecule has 0 unspecified atom stereocenters. The molecule has 0 amide bonds. The summed E-state index contributed by atoms with van der Waals surface area (Å²) in [7, 11) is 0. The Morgan fingerprint density at radius 2 is 1.93 bits per heavy atom. The zero-order valence-electron chi connectivity index (χ0n) is 16.3. The van der Waals surface area contributed by atoms with Crippen LogP contribution in [-0.2, 0) is 5.88 Å². The molecule has 4 aromatic rings. The summed E-state index contributed by atoms with van der Waals surface area (Å²) in [5, 5.41) is 5.96. The Morgan fingerprint density at radius 3 is 2.63 bits per heavy atom. The van der Waals surface area contributed by atoms with Crippen LogP contribution in [0.5, 0.6) is 0 Å². The first-order valence-electron chi connectivity index (χ1n) is 9.61. The van der Waals surface area contributed by atoms with Crippen LogP contribution in [0.3, 0.4) is 0 Å². The quantitative estimate of drug-likeness (QED) is 0.423. The van der Waals surface area contributed by atoms with E-state index in [2.05, 4.69) is 56.9 Å². The molecule has 0 fully saturated rings. The van der Waals surface area contributed by atoms with Gasteiger partial charge < -0.3 is 4.98 Å². The highest BCUT2D eigenvalue weighted by molar-refractivity contribution is 6.18. The number of halogens is 1. The van der Waals surface area contributed by atoms with Gasteiger partial charge in [0.25, 0.3) is 0 Å². The molecule has 0 saturated carbocycles. The van der Waals surface area contributed by atoms with Gasteiger partial charge in [-0.25, -0.2) is 9.50 Å². The molecule has 3 heterocycles. The predicted molar refractivity (Wildman–Crippen MR) is 113 cm³/mol. The zero-order chi connectivity index (χ0) is 19.1. The van der Waals surface area contributed by atoms with Crippen molar-refractivity contribution in [3.05, 3.63) is 52.8 Å². The molecule has 1 N–H and O–H groups in total. The number of alkyl halides is 1. The van der Waals surface area contributed by atoms with Crippen molar-refractivity contribution >= 4 is 28.2 Å². The lowest BCUT2D eigenvalue weighted by atomic mass is 9.95. The van der Waals surface area contributed by atoms with Crippen LogP contribution in [0.15, 0.2) is 30.3 Å². The van der Waals surface area contributed by atoms with Crippen molar-refractivity contribution in [1.82, 2.24) is 19.6 Å². The van der Waals surface area contributed by atoms with Gasteiger partial charge in [0.2, 0.25) is 0 Å². The maximum absolute atomic E-state index is 6.13. The number of aromatic nitrogens is 4. The summed E-state index contributed by atoms with van der Waals surface area (Å²) in [6.45, 7) is 8.59. The minimum atomic E-state index is 0.495. The Labute approximate surface area is 164 Å². The summed E-state index contributed by atoms with van der Waals surface area (Å²) in [4.78, 5) is 8.46. The Hall–Kier alpha value is -2.33. The standard InChI is InChI=1S/C22H25ClN4/c1-5-15(6-2)18-10-13(3)26-27-21(14(4)24-22(18)27)20-11-17-16(12-23)8-7-9-19(17)25-20/h7-11,15,25H,5-6,12H2,1-4H3. The van der Waals surface area contributed by atoms with E-state index in [0.29, 0.717) is 11.8 Å². The number of aryl methyl sites for hydroxylation is 2. The van der Waals surface area contributed by atoms with E-state index in [-0.39, 0.29) is 0 Å². The summed E-state index contributed by atoms with van der Waals surface area (Å²) in [6.07, 6.45) is 2.20. The van der Waals surface area contributed by atoms with E-state index in [9.17, 15) is 0 Å². The van der Waals surface area contributed by atoms with E-state index in [1.54, 1.807) is 0 Å². The number of hydrogen-bond donors (Lipinski definition) is 1. The molecule has 0 aliphatic heterocycles. The zero-order valence-corrected chi connectivity index (χ0v) is 17.1. The third-order valence-electron chi connectivity index (χ3n) is 5.49. The van der Waals surface area contributed by atoms with Crippen molar-refractivity contribution in [2.45, 2.75) is 52.3 Å². The lowest BCUT2D eigenvalue weighted by Gasteiger charge is -2.14. The van der Waals surface area contributed by atoms with Crippen LogP contribution in [0.2, 0.25) is 0 Å². The van der Waals surface area contributed by atoms with E-state index in [4.69, 9.17) is 21.7 Å². The molecule has 3 aromatic heterocycles. The van der Waals surface area contributed by atoms with Gasteiger partial charge in [0.1, 0.15) is 5.69 Å². The fourth-order valence-electron chi connectivity index (χ4n) is 4.08. The normalized spacial score (nSPS) is 11.9. The number of rotatable bonds is 5. The number of hydrogen-bond acceptors (Lipinski definition) is 2. The first-order valence-corrected chi connectivity index (χ1v) is 10.1. The molecule has 4 nitrogen and oxygen atoms in total. The highest BCUT2D eigenvalue weighted by Gasteiger charge is 2.20. The van der Waals surface area contributed by atoms with Crippen molar-refractivity contribution in [1.29, 1.82) is 0 Å².